The van der Waals surface area contributed by atoms with Gasteiger partial charge in [0.15, 0.2) is 0 Å². The van der Waals surface area contributed by atoms with Crippen molar-refractivity contribution in [3.8, 4) is 5.75 Å². The fourth-order valence-electron chi connectivity index (χ4n) is 3.26. The molecular weight excluding hydrogens is 490 g/mol. The van der Waals surface area contributed by atoms with Crippen LogP contribution in [0.1, 0.15) is 37.7 Å². The van der Waals surface area contributed by atoms with Crippen LogP contribution in [0.4, 0.5) is 0 Å². The molecule has 0 aliphatic carbocycles. The van der Waals surface area contributed by atoms with E-state index in [0.717, 1.165) is 0 Å². The molecule has 0 aromatic heterocycles. The van der Waals surface area contributed by atoms with Crippen LogP contribution in [0.5, 0.6) is 5.75 Å². The van der Waals surface area contributed by atoms with Crippen molar-refractivity contribution in [1.29, 1.82) is 0 Å². The fraction of sp³-hybridized carbons (Fsp3) is 0.522. The lowest BCUT2D eigenvalue weighted by Gasteiger charge is -2.24. The molecule has 3 amide bonds. The van der Waals surface area contributed by atoms with Crippen molar-refractivity contribution >= 4 is 29.7 Å². The minimum absolute atomic E-state index is 0.0243. The van der Waals surface area contributed by atoms with Gasteiger partial charge in [0, 0.05) is 12.8 Å². The summed E-state index contributed by atoms with van der Waals surface area (Å²) in [7, 11) is 0. The van der Waals surface area contributed by atoms with Gasteiger partial charge >= 0.3 is 11.9 Å². The van der Waals surface area contributed by atoms with Gasteiger partial charge in [-0.25, -0.2) is 4.79 Å². The van der Waals surface area contributed by atoms with Crippen molar-refractivity contribution in [2.24, 2.45) is 11.5 Å². The summed E-state index contributed by atoms with van der Waals surface area (Å²) in [5.74, 6) is -5.29. The molecule has 14 heteroatoms. The van der Waals surface area contributed by atoms with Crippen LogP contribution in [0.15, 0.2) is 24.3 Å². The molecule has 1 rings (SSSR count). The van der Waals surface area contributed by atoms with E-state index in [-0.39, 0.29) is 25.0 Å². The smallest absolute Gasteiger partial charge is 0.326 e. The topological polar surface area (TPSA) is 254 Å². The molecule has 4 unspecified atom stereocenters. The zero-order chi connectivity index (χ0) is 28.0. The maximum absolute atomic E-state index is 12.8. The maximum Gasteiger partial charge on any atom is 0.326 e. The number of aliphatic carboxylic acids is 2. The van der Waals surface area contributed by atoms with Crippen molar-refractivity contribution in [1.82, 2.24) is 16.0 Å². The van der Waals surface area contributed by atoms with Gasteiger partial charge in [-0.15, -0.1) is 0 Å². The summed E-state index contributed by atoms with van der Waals surface area (Å²) in [5, 5.41) is 44.3. The van der Waals surface area contributed by atoms with E-state index in [9.17, 15) is 39.3 Å². The van der Waals surface area contributed by atoms with Crippen LogP contribution in [0.25, 0.3) is 0 Å². The van der Waals surface area contributed by atoms with Gasteiger partial charge in [-0.3, -0.25) is 19.2 Å². The Morgan fingerprint density at radius 1 is 0.811 bits per heavy atom. The number of carboxylic acids is 2. The first-order valence-corrected chi connectivity index (χ1v) is 11.7. The SMILES string of the molecule is NCCCCC(N)C(=O)NC(CCC(=O)O)C(=O)NC(CO)C(=O)NC(Cc1ccc(O)cc1)C(=O)O. The zero-order valence-corrected chi connectivity index (χ0v) is 20.3. The number of hydrogen-bond donors (Lipinski definition) is 9. The number of rotatable bonds is 17. The summed E-state index contributed by atoms with van der Waals surface area (Å²) in [4.78, 5) is 60.5. The number of nitrogens with two attached hydrogens (primary N) is 2. The molecule has 1 aromatic rings. The highest BCUT2D eigenvalue weighted by molar-refractivity contribution is 5.94. The summed E-state index contributed by atoms with van der Waals surface area (Å²) in [6.07, 6.45) is 0.549. The van der Waals surface area contributed by atoms with Crippen LogP contribution in [0.3, 0.4) is 0 Å². The summed E-state index contributed by atoms with van der Waals surface area (Å²) in [6, 6.07) is 0.287. The van der Waals surface area contributed by atoms with Gasteiger partial charge in [0.25, 0.3) is 0 Å². The van der Waals surface area contributed by atoms with Crippen molar-refractivity contribution in [2.45, 2.75) is 62.7 Å². The number of phenols is 1. The fourth-order valence-corrected chi connectivity index (χ4v) is 3.26. The largest absolute Gasteiger partial charge is 0.508 e. The van der Waals surface area contributed by atoms with Crippen molar-refractivity contribution in [3.05, 3.63) is 29.8 Å². The summed E-state index contributed by atoms with van der Waals surface area (Å²) in [6.45, 7) is -0.485. The second-order valence-electron chi connectivity index (χ2n) is 8.40. The molecule has 37 heavy (non-hydrogen) atoms. The number of nitrogens with one attached hydrogen (secondary N) is 3. The molecule has 0 aliphatic rings. The average molecular weight is 526 g/mol. The number of aromatic hydroxyl groups is 1. The number of hydrogen-bond acceptors (Lipinski definition) is 9. The Hall–Kier alpha value is -3.75. The molecule has 11 N–H and O–H groups in total. The molecule has 0 saturated heterocycles. The second kappa shape index (κ2) is 16.1. The van der Waals surface area contributed by atoms with Crippen LogP contribution in [0.2, 0.25) is 0 Å². The van der Waals surface area contributed by atoms with E-state index in [4.69, 9.17) is 16.6 Å². The Labute approximate surface area is 213 Å². The molecule has 0 spiro atoms. The zero-order valence-electron chi connectivity index (χ0n) is 20.3. The maximum atomic E-state index is 12.8. The Kier molecular flexibility index (Phi) is 13.6. The quantitative estimate of drug-likeness (QED) is 0.0985. The third kappa shape index (κ3) is 11.7. The average Bonchev–Trinajstić information content (AvgIpc) is 2.85. The van der Waals surface area contributed by atoms with Crippen molar-refractivity contribution in [2.75, 3.05) is 13.2 Å². The minimum atomic E-state index is -1.59. The monoisotopic (exact) mass is 525 g/mol. The van der Waals surface area contributed by atoms with Crippen LogP contribution < -0.4 is 27.4 Å². The molecule has 0 fully saturated rings. The van der Waals surface area contributed by atoms with E-state index in [2.05, 4.69) is 16.0 Å². The highest BCUT2D eigenvalue weighted by Crippen LogP contribution is 2.12. The van der Waals surface area contributed by atoms with E-state index in [1.54, 1.807) is 0 Å². The predicted octanol–water partition coefficient (Wildman–Crippen LogP) is -2.21. The number of phenolic OH excluding ortho intramolecular Hbond substituents is 1. The first kappa shape index (κ1) is 31.3. The highest BCUT2D eigenvalue weighted by atomic mass is 16.4. The molecule has 0 aliphatic heterocycles. The molecule has 0 heterocycles. The summed E-state index contributed by atoms with van der Waals surface area (Å²) in [5.41, 5.74) is 11.7. The van der Waals surface area contributed by atoms with Crippen molar-refractivity contribution < 1.29 is 44.4 Å². The molecule has 206 valence electrons. The lowest BCUT2D eigenvalue weighted by Crippen LogP contribution is -2.58. The third-order valence-corrected chi connectivity index (χ3v) is 5.39. The Morgan fingerprint density at radius 2 is 1.38 bits per heavy atom. The number of unbranched alkanes of at least 4 members (excludes halogenated alkanes) is 1. The van der Waals surface area contributed by atoms with E-state index in [1.165, 1.54) is 24.3 Å². The summed E-state index contributed by atoms with van der Waals surface area (Å²) >= 11 is 0. The predicted molar refractivity (Wildman–Crippen MR) is 130 cm³/mol. The Morgan fingerprint density at radius 3 is 1.92 bits per heavy atom. The number of carbonyl (C=O) groups excluding carboxylic acids is 3. The Bertz CT molecular complexity index is 926. The van der Waals surface area contributed by atoms with Gasteiger partial charge in [0.05, 0.1) is 12.6 Å². The number of aliphatic hydroxyl groups is 1. The minimum Gasteiger partial charge on any atom is -0.508 e. The van der Waals surface area contributed by atoms with Gasteiger partial charge in [-0.05, 0) is 43.5 Å². The molecule has 14 nitrogen and oxygen atoms in total. The molecule has 0 bridgehead atoms. The van der Waals surface area contributed by atoms with Gasteiger partial charge in [-0.1, -0.05) is 18.6 Å². The van der Waals surface area contributed by atoms with Gasteiger partial charge < -0.3 is 47.8 Å². The lowest BCUT2D eigenvalue weighted by atomic mass is 10.0. The third-order valence-electron chi connectivity index (χ3n) is 5.39. The van der Waals surface area contributed by atoms with Crippen LogP contribution in [-0.2, 0) is 30.4 Å². The van der Waals surface area contributed by atoms with E-state index in [1.807, 2.05) is 0 Å². The molecular formula is C23H35N5O9. The van der Waals surface area contributed by atoms with Gasteiger partial charge in [0.1, 0.15) is 23.9 Å². The van der Waals surface area contributed by atoms with E-state index in [0.29, 0.717) is 24.9 Å². The van der Waals surface area contributed by atoms with Crippen LogP contribution >= 0.6 is 0 Å². The number of amides is 3. The second-order valence-corrected chi connectivity index (χ2v) is 8.40. The Balaban J connectivity index is 2.87. The number of carboxylic acid groups (broad SMARTS) is 2. The van der Waals surface area contributed by atoms with Gasteiger partial charge in [0.2, 0.25) is 17.7 Å². The van der Waals surface area contributed by atoms with Crippen molar-refractivity contribution in [3.63, 3.8) is 0 Å². The van der Waals surface area contributed by atoms with Gasteiger partial charge in [-0.2, -0.15) is 0 Å². The first-order valence-electron chi connectivity index (χ1n) is 11.7. The molecule has 0 saturated carbocycles. The van der Waals surface area contributed by atoms with Crippen LogP contribution in [-0.4, -0.2) is 87.4 Å². The number of aliphatic hydroxyl groups excluding tert-OH is 1. The van der Waals surface area contributed by atoms with E-state index >= 15 is 0 Å². The first-order chi connectivity index (χ1) is 17.5. The number of benzene rings is 1. The highest BCUT2D eigenvalue weighted by Gasteiger charge is 2.30. The number of carbonyl (C=O) groups is 5. The standard InChI is InChI=1S/C23H35N5O9/c24-10-2-1-3-15(25)20(33)26-16(8-9-19(31)32)21(34)28-18(12-29)22(35)27-17(23(36)37)11-13-4-6-14(30)7-5-13/h4-7,15-18,29-30H,1-3,8-12,24-25H2,(H,26,33)(H,27,35)(H,28,34)(H,31,32)(H,36,37). The molecule has 1 aromatic carbocycles. The molecule has 4 atom stereocenters. The molecule has 0 radical (unpaired) electrons. The lowest BCUT2D eigenvalue weighted by molar-refractivity contribution is -0.142. The normalized spacial score (nSPS) is 14.0. The van der Waals surface area contributed by atoms with E-state index < -0.39 is 66.9 Å². The van der Waals surface area contributed by atoms with Crippen LogP contribution in [0, 0.1) is 0 Å². The summed E-state index contributed by atoms with van der Waals surface area (Å²) < 4.78 is 0.